The zero-order valence-electron chi connectivity index (χ0n) is 71.9. The summed E-state index contributed by atoms with van der Waals surface area (Å²) in [5.74, 6) is 2.04. The normalized spacial score (nSPS) is 11.3. The molecule has 12 nitrogen and oxygen atoms in total. The van der Waals surface area contributed by atoms with Gasteiger partial charge in [-0.05, 0) is 159 Å². The van der Waals surface area contributed by atoms with Gasteiger partial charge in [-0.25, -0.2) is 34.9 Å². The third-order valence-electron chi connectivity index (χ3n) is 24.7. The zero-order valence-corrected chi connectivity index (χ0v) is 72.8. The SMILES string of the molecule is c1ccc(-c2ccc(-c3cc(-c4ccc(-n5c6ccccc6c6ccccc65)cc4)nc(-c4ccc(-c5ccncc5)cc4)n3)cc2)cc1.c1ccc(-c2ccc(-c3cc(-c4ccc(-n5c6ccccc6c6ccccc65)cc4)nc(-c4cccs4)n3)cc2)cc1.c1ccc(-c2ccc(-c3cc(-c4ccc(-n5c6ccccc6c6ccccc65)cc4)nc(-c4cnc[nH]4)n3)cc2)cc1. The number of benzene rings is 16. The van der Waals surface area contributed by atoms with Crippen molar-refractivity contribution in [1.29, 1.82) is 0 Å². The number of rotatable bonds is 16. The fourth-order valence-electron chi connectivity index (χ4n) is 18.1. The second kappa shape index (κ2) is 35.5. The van der Waals surface area contributed by atoms with E-state index in [1.165, 1.54) is 98.8 Å². The van der Waals surface area contributed by atoms with Crippen LogP contribution in [0.5, 0.6) is 0 Å². The number of H-pyrrole nitrogens is 1. The van der Waals surface area contributed by atoms with Crippen LogP contribution in [0.15, 0.2) is 479 Å². The van der Waals surface area contributed by atoms with Gasteiger partial charge in [0.25, 0.3) is 0 Å². The van der Waals surface area contributed by atoms with Crippen molar-refractivity contribution in [3.8, 4) is 163 Å². The number of pyridine rings is 1. The number of nitrogens with zero attached hydrogens (tertiary/aromatic N) is 11. The van der Waals surface area contributed by atoms with Crippen LogP contribution >= 0.6 is 11.3 Å². The maximum atomic E-state index is 5.13. The van der Waals surface area contributed by atoms with Gasteiger partial charge in [0.15, 0.2) is 17.5 Å². The van der Waals surface area contributed by atoms with Gasteiger partial charge in [-0.2, -0.15) is 0 Å². The second-order valence-electron chi connectivity index (χ2n) is 32.7. The molecule has 16 aromatic carbocycles. The Kier molecular flexibility index (Phi) is 21.3. The van der Waals surface area contributed by atoms with Crippen molar-refractivity contribution in [2.24, 2.45) is 0 Å². The Morgan fingerprint density at radius 3 is 0.729 bits per heavy atom. The number of aromatic amines is 1. The van der Waals surface area contributed by atoms with Gasteiger partial charge in [-0.1, -0.05) is 340 Å². The lowest BCUT2D eigenvalue weighted by Crippen LogP contribution is -1.97. The molecule has 0 spiro atoms. The summed E-state index contributed by atoms with van der Waals surface area (Å²) in [6.45, 7) is 0. The predicted octanol–water partition coefficient (Wildman–Crippen LogP) is 30.6. The third-order valence-corrected chi connectivity index (χ3v) is 25.5. The minimum atomic E-state index is 0.610. The summed E-state index contributed by atoms with van der Waals surface area (Å²) < 4.78 is 7.00. The van der Waals surface area contributed by atoms with E-state index < -0.39 is 0 Å². The van der Waals surface area contributed by atoms with Crippen LogP contribution in [0.1, 0.15) is 0 Å². The van der Waals surface area contributed by atoms with Crippen LogP contribution in [-0.4, -0.2) is 58.6 Å². The first-order valence-corrected chi connectivity index (χ1v) is 45.3. The highest BCUT2D eigenvalue weighted by molar-refractivity contribution is 7.13. The molecule has 0 bridgehead atoms. The Balaban J connectivity index is 0.000000113. The second-order valence-corrected chi connectivity index (χ2v) is 33.7. The van der Waals surface area contributed by atoms with Crippen molar-refractivity contribution in [2.45, 2.75) is 0 Å². The molecule has 9 aromatic heterocycles. The summed E-state index contributed by atoms with van der Waals surface area (Å²) in [6.07, 6.45) is 7.04. The Morgan fingerprint density at radius 2 is 0.444 bits per heavy atom. The molecule has 0 fully saturated rings. The average molecular weight is 1720 g/mol. The van der Waals surface area contributed by atoms with E-state index in [2.05, 4.69) is 447 Å². The van der Waals surface area contributed by atoms with E-state index in [0.29, 0.717) is 11.6 Å². The first-order chi connectivity index (χ1) is 65.9. The van der Waals surface area contributed by atoms with E-state index >= 15 is 0 Å². The summed E-state index contributed by atoms with van der Waals surface area (Å²) in [4.78, 5) is 42.7. The smallest absolute Gasteiger partial charge is 0.178 e. The van der Waals surface area contributed by atoms with Gasteiger partial charge in [0.05, 0.1) is 84.7 Å². The van der Waals surface area contributed by atoms with E-state index in [1.807, 2.05) is 48.8 Å². The van der Waals surface area contributed by atoms with Crippen LogP contribution in [0.3, 0.4) is 0 Å². The summed E-state index contributed by atoms with van der Waals surface area (Å²) >= 11 is 1.66. The number of thiophene rings is 1. The van der Waals surface area contributed by atoms with Gasteiger partial charge in [0.2, 0.25) is 0 Å². The minimum Gasteiger partial charge on any atom is -0.342 e. The highest BCUT2D eigenvalue weighted by Gasteiger charge is 2.21. The molecule has 13 heteroatoms. The maximum absolute atomic E-state index is 5.13. The van der Waals surface area contributed by atoms with Crippen molar-refractivity contribution in [3.63, 3.8) is 0 Å². The molecule has 133 heavy (non-hydrogen) atoms. The number of imidazole rings is 1. The lowest BCUT2D eigenvalue weighted by molar-refractivity contribution is 1.15. The van der Waals surface area contributed by atoms with Crippen LogP contribution in [0.2, 0.25) is 0 Å². The van der Waals surface area contributed by atoms with E-state index in [0.717, 1.165) is 118 Å². The van der Waals surface area contributed by atoms with Crippen molar-refractivity contribution in [3.05, 3.63) is 479 Å². The van der Waals surface area contributed by atoms with Gasteiger partial charge >= 0.3 is 0 Å². The predicted molar refractivity (Wildman–Crippen MR) is 548 cm³/mol. The summed E-state index contributed by atoms with van der Waals surface area (Å²) in [6, 6.07) is 157. The number of hydrogen-bond donors (Lipinski definition) is 1. The maximum Gasteiger partial charge on any atom is 0.178 e. The molecule has 0 unspecified atom stereocenters. The lowest BCUT2D eigenvalue weighted by atomic mass is 10.0. The van der Waals surface area contributed by atoms with Crippen LogP contribution in [0.25, 0.3) is 228 Å². The van der Waals surface area contributed by atoms with Gasteiger partial charge in [-0.3, -0.25) is 4.98 Å². The molecule has 0 saturated carbocycles. The molecule has 0 radical (unpaired) electrons. The molecule has 0 aliphatic rings. The Morgan fingerprint density at radius 1 is 0.195 bits per heavy atom. The van der Waals surface area contributed by atoms with Gasteiger partial charge in [0, 0.05) is 101 Å². The molecule has 25 aromatic rings. The van der Waals surface area contributed by atoms with Gasteiger partial charge in [-0.15, -0.1) is 11.3 Å². The fourth-order valence-corrected chi connectivity index (χ4v) is 18.7. The molecule has 626 valence electrons. The third kappa shape index (κ3) is 16.0. The van der Waals surface area contributed by atoms with E-state index in [-0.39, 0.29) is 0 Å². The van der Waals surface area contributed by atoms with Crippen molar-refractivity contribution < 1.29 is 0 Å². The number of nitrogens with one attached hydrogen (secondary N) is 1. The van der Waals surface area contributed by atoms with Crippen molar-refractivity contribution >= 4 is 76.8 Å². The summed E-state index contributed by atoms with van der Waals surface area (Å²) in [7, 11) is 0. The number of para-hydroxylation sites is 6. The standard InChI is InChI=1S/C45H30N4.C38H25N3S.C37H25N5/c1-2-8-31(9-3-1)32-14-18-35(19-15-32)41-30-42(48-45(47-41)37-20-16-33(17-21-37)34-26-28-46-29-27-34)36-22-24-38(25-23-36)49-43-12-6-4-10-39(43)40-11-5-7-13-44(40)49;1-2-9-26(10-3-1)27-16-18-28(19-17-27)33-25-34(40-38(39-33)37-15-8-24-42-37)29-20-22-30(23-21-29)41-35-13-6-4-11-31(35)32-12-5-7-14-36(32)41;1-2-8-25(9-3-1)26-14-16-27(17-15-26)32-22-33(41-37(40-32)34-23-38-24-39-34)28-18-20-29(21-19-28)42-35-12-6-4-10-30(35)31-11-5-7-13-36(31)42/h1-30H;1-25H;1-24H,(H,38,39). The minimum absolute atomic E-state index is 0.610. The Labute approximate surface area is 771 Å². The van der Waals surface area contributed by atoms with Gasteiger partial charge in [0.1, 0.15) is 5.69 Å². The molecular formula is C120H80N12S. The molecule has 0 saturated heterocycles. The van der Waals surface area contributed by atoms with E-state index in [9.17, 15) is 0 Å². The van der Waals surface area contributed by atoms with Crippen LogP contribution in [-0.2, 0) is 0 Å². The summed E-state index contributed by atoms with van der Waals surface area (Å²) in [5, 5.41) is 9.59. The largest absolute Gasteiger partial charge is 0.342 e. The lowest BCUT2D eigenvalue weighted by Gasteiger charge is -2.12. The number of hydrogen-bond acceptors (Lipinski definition) is 9. The van der Waals surface area contributed by atoms with Gasteiger partial charge < -0.3 is 18.7 Å². The highest BCUT2D eigenvalue weighted by Crippen LogP contribution is 2.41. The van der Waals surface area contributed by atoms with Crippen LogP contribution < -0.4 is 0 Å². The molecule has 0 aliphatic heterocycles. The van der Waals surface area contributed by atoms with Crippen LogP contribution in [0, 0.1) is 0 Å². The summed E-state index contributed by atoms with van der Waals surface area (Å²) in [5.41, 5.74) is 33.1. The fraction of sp³-hybridized carbons (Fsp3) is 0. The Bertz CT molecular complexity index is 7880. The van der Waals surface area contributed by atoms with E-state index in [1.54, 1.807) is 23.9 Å². The quantitative estimate of drug-likeness (QED) is 0.101. The molecule has 1 N–H and O–H groups in total. The van der Waals surface area contributed by atoms with Crippen molar-refractivity contribution in [1.82, 2.24) is 58.6 Å². The molecule has 0 atom stereocenters. The van der Waals surface area contributed by atoms with Crippen LogP contribution in [0.4, 0.5) is 0 Å². The molecule has 0 aliphatic carbocycles. The first kappa shape index (κ1) is 79.8. The molecule has 0 amide bonds. The molecule has 9 heterocycles. The first-order valence-electron chi connectivity index (χ1n) is 44.4. The Hall–Kier alpha value is -17.8. The number of fused-ring (bicyclic) bond motifs is 9. The monoisotopic (exact) mass is 1720 g/mol. The average Bonchev–Trinajstić information content (AvgIpc) is 1.61. The highest BCUT2D eigenvalue weighted by atomic mass is 32.1. The zero-order chi connectivity index (χ0) is 88.3. The number of aromatic nitrogens is 12. The van der Waals surface area contributed by atoms with E-state index in [4.69, 9.17) is 29.9 Å². The molecule has 25 rings (SSSR count). The topological polar surface area (TPSA) is 134 Å². The molecular weight excluding hydrogens is 1640 g/mol. The van der Waals surface area contributed by atoms with Crippen molar-refractivity contribution in [2.75, 3.05) is 0 Å².